The largest absolute Gasteiger partial charge is 0.342 e. The fraction of sp³-hybridized carbons (Fsp3) is 0.111. The van der Waals surface area contributed by atoms with Crippen LogP contribution in [0.2, 0.25) is 0 Å². The SMILES string of the molecule is CC(Nc1cc[nH]n1)=C1C(=O)Nc2cnc(-c3cnccc3C)cc21. The maximum atomic E-state index is 12.4. The van der Waals surface area contributed by atoms with Gasteiger partial charge < -0.3 is 10.6 Å². The molecule has 1 amide bonds. The van der Waals surface area contributed by atoms with Crippen LogP contribution in [0.4, 0.5) is 11.5 Å². The molecule has 124 valence electrons. The van der Waals surface area contributed by atoms with Gasteiger partial charge in [-0.2, -0.15) is 5.10 Å². The number of aromatic nitrogens is 4. The first-order chi connectivity index (χ1) is 12.1. The summed E-state index contributed by atoms with van der Waals surface area (Å²) < 4.78 is 0. The number of fused-ring (bicyclic) bond motifs is 1. The molecule has 0 saturated heterocycles. The van der Waals surface area contributed by atoms with Crippen LogP contribution in [-0.4, -0.2) is 26.1 Å². The number of carbonyl (C=O) groups excluding carboxylic acids is 1. The van der Waals surface area contributed by atoms with Crippen LogP contribution in [0.15, 0.2) is 48.7 Å². The smallest absolute Gasteiger partial charge is 0.258 e. The Labute approximate surface area is 144 Å². The van der Waals surface area contributed by atoms with Crippen LogP contribution < -0.4 is 10.6 Å². The van der Waals surface area contributed by atoms with Crippen LogP contribution in [0.1, 0.15) is 18.1 Å². The molecular formula is C18H16N6O. The van der Waals surface area contributed by atoms with Crippen molar-refractivity contribution in [3.63, 3.8) is 0 Å². The van der Waals surface area contributed by atoms with Gasteiger partial charge in [0.05, 0.1) is 23.2 Å². The number of allylic oxidation sites excluding steroid dienone is 1. The molecule has 1 aliphatic heterocycles. The van der Waals surface area contributed by atoms with Crippen molar-refractivity contribution in [2.45, 2.75) is 13.8 Å². The van der Waals surface area contributed by atoms with Gasteiger partial charge in [0.2, 0.25) is 0 Å². The fourth-order valence-electron chi connectivity index (χ4n) is 2.91. The number of pyridine rings is 2. The lowest BCUT2D eigenvalue weighted by Crippen LogP contribution is -2.08. The topological polar surface area (TPSA) is 95.6 Å². The van der Waals surface area contributed by atoms with E-state index in [-0.39, 0.29) is 5.91 Å². The number of nitrogens with one attached hydrogen (secondary N) is 3. The summed E-state index contributed by atoms with van der Waals surface area (Å²) in [4.78, 5) is 21.1. The molecule has 0 atom stereocenters. The second-order valence-electron chi connectivity index (χ2n) is 5.84. The van der Waals surface area contributed by atoms with Crippen molar-refractivity contribution in [3.8, 4) is 11.3 Å². The first-order valence-electron chi connectivity index (χ1n) is 7.84. The van der Waals surface area contributed by atoms with Crippen LogP contribution in [-0.2, 0) is 4.79 Å². The predicted molar refractivity (Wildman–Crippen MR) is 95.6 cm³/mol. The number of aromatic amines is 1. The molecule has 0 spiro atoms. The Morgan fingerprint density at radius 3 is 2.84 bits per heavy atom. The summed E-state index contributed by atoms with van der Waals surface area (Å²) in [5.41, 5.74) is 5.64. The Kier molecular flexibility index (Phi) is 3.53. The molecule has 3 aromatic rings. The summed E-state index contributed by atoms with van der Waals surface area (Å²) in [6.07, 6.45) is 6.94. The van der Waals surface area contributed by atoms with Gasteiger partial charge in [-0.15, -0.1) is 0 Å². The Balaban J connectivity index is 1.80. The normalized spacial score (nSPS) is 14.9. The van der Waals surface area contributed by atoms with Gasteiger partial charge >= 0.3 is 0 Å². The molecule has 4 rings (SSSR count). The molecule has 3 N–H and O–H groups in total. The third-order valence-corrected chi connectivity index (χ3v) is 4.15. The van der Waals surface area contributed by atoms with Crippen LogP contribution in [0, 0.1) is 6.92 Å². The number of nitrogens with zero attached hydrogens (tertiary/aromatic N) is 3. The summed E-state index contributed by atoms with van der Waals surface area (Å²) in [7, 11) is 0. The molecule has 1 aliphatic rings. The molecule has 7 nitrogen and oxygen atoms in total. The van der Waals surface area contributed by atoms with Crippen molar-refractivity contribution >= 4 is 23.0 Å². The monoisotopic (exact) mass is 332 g/mol. The van der Waals surface area contributed by atoms with Crippen molar-refractivity contribution in [3.05, 3.63) is 59.8 Å². The molecule has 0 saturated carbocycles. The van der Waals surface area contributed by atoms with Gasteiger partial charge in [0.15, 0.2) is 5.82 Å². The Morgan fingerprint density at radius 1 is 1.20 bits per heavy atom. The first kappa shape index (κ1) is 15.1. The third-order valence-electron chi connectivity index (χ3n) is 4.15. The zero-order valence-electron chi connectivity index (χ0n) is 13.8. The van der Waals surface area contributed by atoms with E-state index < -0.39 is 0 Å². The molecule has 0 fully saturated rings. The average molecular weight is 332 g/mol. The van der Waals surface area contributed by atoms with Gasteiger partial charge in [-0.3, -0.25) is 19.9 Å². The van der Waals surface area contributed by atoms with Crippen molar-refractivity contribution < 1.29 is 4.79 Å². The standard InChI is InChI=1S/C18H16N6O/c1-10-3-5-19-8-13(10)14-7-12-15(9-20-14)23-18(25)17(12)11(2)22-16-4-6-21-24-16/h3-9H,1-2H3,(H,23,25)(H2,21,22,24). The molecule has 0 aliphatic carbocycles. The van der Waals surface area contributed by atoms with Crippen molar-refractivity contribution in [1.29, 1.82) is 0 Å². The second-order valence-corrected chi connectivity index (χ2v) is 5.84. The lowest BCUT2D eigenvalue weighted by Gasteiger charge is -2.09. The number of rotatable bonds is 3. The van der Waals surface area contributed by atoms with Crippen molar-refractivity contribution in [2.24, 2.45) is 0 Å². The predicted octanol–water partition coefficient (Wildman–Crippen LogP) is 2.97. The van der Waals surface area contributed by atoms with Crippen molar-refractivity contribution in [1.82, 2.24) is 20.2 Å². The molecule has 3 aromatic heterocycles. The Bertz CT molecular complexity index is 991. The minimum atomic E-state index is -0.155. The molecule has 0 radical (unpaired) electrons. The van der Waals surface area contributed by atoms with E-state index in [0.29, 0.717) is 17.1 Å². The van der Waals surface area contributed by atoms with Gasteiger partial charge in [0.25, 0.3) is 5.91 Å². The van der Waals surface area contributed by atoms with Crippen molar-refractivity contribution in [2.75, 3.05) is 10.6 Å². The van der Waals surface area contributed by atoms with E-state index in [2.05, 4.69) is 30.8 Å². The van der Waals surface area contributed by atoms with Gasteiger partial charge in [-0.1, -0.05) is 0 Å². The fourth-order valence-corrected chi connectivity index (χ4v) is 2.91. The second kappa shape index (κ2) is 5.86. The summed E-state index contributed by atoms with van der Waals surface area (Å²) in [5, 5.41) is 12.8. The highest BCUT2D eigenvalue weighted by Gasteiger charge is 2.27. The van der Waals surface area contributed by atoms with E-state index in [1.165, 1.54) is 0 Å². The van der Waals surface area contributed by atoms with Gasteiger partial charge in [-0.25, -0.2) is 0 Å². The maximum Gasteiger partial charge on any atom is 0.258 e. The van der Waals surface area contributed by atoms with Crippen LogP contribution in [0.5, 0.6) is 0 Å². The van der Waals surface area contributed by atoms with Gasteiger partial charge in [0.1, 0.15) is 0 Å². The van der Waals surface area contributed by atoms with E-state index >= 15 is 0 Å². The summed E-state index contributed by atoms with van der Waals surface area (Å²) in [5.74, 6) is 0.501. The number of hydrogen-bond donors (Lipinski definition) is 3. The van der Waals surface area contributed by atoms with Crippen LogP contribution >= 0.6 is 0 Å². The van der Waals surface area contributed by atoms with E-state index in [4.69, 9.17) is 0 Å². The van der Waals surface area contributed by atoms with Crippen LogP contribution in [0.3, 0.4) is 0 Å². The summed E-state index contributed by atoms with van der Waals surface area (Å²) in [6.45, 7) is 3.87. The molecule has 7 heteroatoms. The van der Waals surface area contributed by atoms with E-state index in [1.54, 1.807) is 30.9 Å². The van der Waals surface area contributed by atoms with Gasteiger partial charge in [0, 0.05) is 41.5 Å². The zero-order chi connectivity index (χ0) is 17.4. The highest BCUT2D eigenvalue weighted by Crippen LogP contribution is 2.36. The van der Waals surface area contributed by atoms with E-state index in [9.17, 15) is 4.79 Å². The van der Waals surface area contributed by atoms with E-state index in [1.807, 2.05) is 26.0 Å². The lowest BCUT2D eigenvalue weighted by atomic mass is 10.0. The summed E-state index contributed by atoms with van der Waals surface area (Å²) >= 11 is 0. The number of H-pyrrole nitrogens is 1. The number of hydrogen-bond acceptors (Lipinski definition) is 5. The molecule has 25 heavy (non-hydrogen) atoms. The molecule has 4 heterocycles. The van der Waals surface area contributed by atoms with Crippen LogP contribution in [0.25, 0.3) is 16.8 Å². The highest BCUT2D eigenvalue weighted by atomic mass is 16.2. The van der Waals surface area contributed by atoms with E-state index in [0.717, 1.165) is 28.1 Å². The highest BCUT2D eigenvalue weighted by molar-refractivity contribution is 6.32. The molecule has 0 bridgehead atoms. The average Bonchev–Trinajstić information content (AvgIpc) is 3.21. The zero-order valence-corrected chi connectivity index (χ0v) is 13.8. The molecular weight excluding hydrogens is 316 g/mol. The number of carbonyl (C=O) groups is 1. The lowest BCUT2D eigenvalue weighted by molar-refractivity contribution is -0.110. The quantitative estimate of drug-likeness (QED) is 0.641. The summed E-state index contributed by atoms with van der Waals surface area (Å²) in [6, 6.07) is 5.66. The minimum absolute atomic E-state index is 0.155. The first-order valence-corrected chi connectivity index (χ1v) is 7.84. The Hall–Kier alpha value is -3.48. The minimum Gasteiger partial charge on any atom is -0.342 e. The maximum absolute atomic E-state index is 12.4. The molecule has 0 unspecified atom stereocenters. The number of anilines is 2. The molecule has 0 aromatic carbocycles. The third kappa shape index (κ3) is 2.65. The number of aryl methyl sites for hydroxylation is 1. The van der Waals surface area contributed by atoms with Gasteiger partial charge in [-0.05, 0) is 31.5 Å². The number of amides is 1. The Morgan fingerprint density at radius 2 is 2.08 bits per heavy atom.